The molecule has 1 aromatic rings. The van der Waals surface area contributed by atoms with Crippen LogP contribution in [0.2, 0.25) is 0 Å². The number of benzene rings is 1. The van der Waals surface area contributed by atoms with Crippen molar-refractivity contribution in [3.8, 4) is 11.5 Å². The summed E-state index contributed by atoms with van der Waals surface area (Å²) in [6, 6.07) is 5.19. The van der Waals surface area contributed by atoms with E-state index in [9.17, 15) is 4.79 Å². The molecule has 0 bridgehead atoms. The number of nitrogens with one attached hydrogen (secondary N) is 1. The van der Waals surface area contributed by atoms with Crippen molar-refractivity contribution in [2.75, 3.05) is 20.3 Å². The third-order valence-corrected chi connectivity index (χ3v) is 2.59. The van der Waals surface area contributed by atoms with Gasteiger partial charge in [0.15, 0.2) is 18.1 Å². The topological polar surface area (TPSA) is 67.8 Å². The summed E-state index contributed by atoms with van der Waals surface area (Å²) in [5, 5.41) is 11.5. The monoisotopic (exact) mass is 279 g/mol. The Kier molecular flexibility index (Phi) is 6.59. The van der Waals surface area contributed by atoms with Crippen LogP contribution in [0.1, 0.15) is 19.4 Å². The van der Waals surface area contributed by atoms with Crippen LogP contribution < -0.4 is 14.8 Å². The van der Waals surface area contributed by atoms with E-state index in [1.165, 1.54) is 0 Å². The van der Waals surface area contributed by atoms with E-state index in [4.69, 9.17) is 14.6 Å². The van der Waals surface area contributed by atoms with E-state index in [1.54, 1.807) is 20.1 Å². The Labute approximate surface area is 119 Å². The Morgan fingerprint density at radius 1 is 1.45 bits per heavy atom. The van der Waals surface area contributed by atoms with Crippen LogP contribution >= 0.6 is 0 Å². The summed E-state index contributed by atoms with van der Waals surface area (Å²) in [4.78, 5) is 11.6. The molecule has 2 N–H and O–H groups in total. The van der Waals surface area contributed by atoms with Crippen LogP contribution in [0.15, 0.2) is 24.3 Å². The molecular formula is C15H21NO4. The molecule has 0 aliphatic carbocycles. The summed E-state index contributed by atoms with van der Waals surface area (Å²) >= 11 is 0. The number of allylic oxidation sites excluding steroid dienone is 1. The summed E-state index contributed by atoms with van der Waals surface area (Å²) in [5.74, 6) is 0.794. The SMILES string of the molecule is C/C=C/c1ccc(OCC(=O)NC(C)CO)c(OC)c1. The first-order chi connectivity index (χ1) is 9.60. The maximum atomic E-state index is 11.6. The first-order valence-corrected chi connectivity index (χ1v) is 6.44. The standard InChI is InChI=1S/C15H21NO4/c1-4-5-12-6-7-13(14(8-12)19-3)20-10-15(18)16-11(2)9-17/h4-8,11,17H,9-10H2,1-3H3,(H,16,18)/b5-4+. The maximum Gasteiger partial charge on any atom is 0.258 e. The highest BCUT2D eigenvalue weighted by Gasteiger charge is 2.09. The van der Waals surface area contributed by atoms with E-state index >= 15 is 0 Å². The highest BCUT2D eigenvalue weighted by Crippen LogP contribution is 2.28. The zero-order valence-corrected chi connectivity index (χ0v) is 12.1. The van der Waals surface area contributed by atoms with Crippen molar-refractivity contribution in [3.05, 3.63) is 29.8 Å². The molecule has 0 aliphatic rings. The van der Waals surface area contributed by atoms with E-state index in [2.05, 4.69) is 5.32 Å². The first-order valence-electron chi connectivity index (χ1n) is 6.44. The molecule has 1 unspecified atom stereocenters. The molecule has 0 heterocycles. The molecule has 110 valence electrons. The molecule has 5 nitrogen and oxygen atoms in total. The second kappa shape index (κ2) is 8.22. The number of ether oxygens (including phenoxy) is 2. The molecule has 1 rings (SSSR count). The second-order valence-corrected chi connectivity index (χ2v) is 4.35. The number of carbonyl (C=O) groups is 1. The minimum absolute atomic E-state index is 0.104. The average molecular weight is 279 g/mol. The molecule has 0 aliphatic heterocycles. The molecular weight excluding hydrogens is 258 g/mol. The largest absolute Gasteiger partial charge is 0.493 e. The van der Waals surface area contributed by atoms with Crippen molar-refractivity contribution in [2.24, 2.45) is 0 Å². The van der Waals surface area contributed by atoms with Gasteiger partial charge < -0.3 is 19.9 Å². The normalized spacial score (nSPS) is 12.2. The van der Waals surface area contributed by atoms with Gasteiger partial charge in [0.2, 0.25) is 0 Å². The van der Waals surface area contributed by atoms with Crippen LogP contribution in [-0.2, 0) is 4.79 Å². The van der Waals surface area contributed by atoms with Crippen molar-refractivity contribution in [1.29, 1.82) is 0 Å². The summed E-state index contributed by atoms with van der Waals surface area (Å²) in [6.45, 7) is 3.42. The highest BCUT2D eigenvalue weighted by atomic mass is 16.5. The molecule has 1 aromatic carbocycles. The molecule has 0 aromatic heterocycles. The minimum Gasteiger partial charge on any atom is -0.493 e. The number of methoxy groups -OCH3 is 1. The molecule has 5 heteroatoms. The van der Waals surface area contributed by atoms with Gasteiger partial charge >= 0.3 is 0 Å². The molecule has 0 saturated carbocycles. The van der Waals surface area contributed by atoms with Crippen LogP contribution in [0.4, 0.5) is 0 Å². The van der Waals surface area contributed by atoms with Crippen LogP contribution in [-0.4, -0.2) is 37.4 Å². The van der Waals surface area contributed by atoms with Crippen LogP contribution in [0, 0.1) is 0 Å². The van der Waals surface area contributed by atoms with Crippen LogP contribution in [0.25, 0.3) is 6.08 Å². The quantitative estimate of drug-likeness (QED) is 0.795. The van der Waals surface area contributed by atoms with E-state index < -0.39 is 0 Å². The van der Waals surface area contributed by atoms with E-state index in [1.807, 2.05) is 31.2 Å². The average Bonchev–Trinajstić information content (AvgIpc) is 2.45. The Balaban J connectivity index is 2.65. The zero-order chi connectivity index (χ0) is 15.0. The van der Waals surface area contributed by atoms with Gasteiger partial charge in [-0.3, -0.25) is 4.79 Å². The minimum atomic E-state index is -0.287. The van der Waals surface area contributed by atoms with Gasteiger partial charge in [0.25, 0.3) is 5.91 Å². The molecule has 0 radical (unpaired) electrons. The van der Waals surface area contributed by atoms with Gasteiger partial charge in [0, 0.05) is 6.04 Å². The summed E-state index contributed by atoms with van der Waals surface area (Å²) in [5.41, 5.74) is 0.995. The Bertz CT molecular complexity index is 471. The zero-order valence-electron chi connectivity index (χ0n) is 12.1. The number of aliphatic hydroxyl groups is 1. The van der Waals surface area contributed by atoms with Crippen molar-refractivity contribution < 1.29 is 19.4 Å². The fourth-order valence-electron chi connectivity index (χ4n) is 1.60. The second-order valence-electron chi connectivity index (χ2n) is 4.35. The number of hydrogen-bond donors (Lipinski definition) is 2. The summed E-state index contributed by atoms with van der Waals surface area (Å²) < 4.78 is 10.7. The lowest BCUT2D eigenvalue weighted by Crippen LogP contribution is -2.38. The van der Waals surface area contributed by atoms with E-state index in [-0.39, 0.29) is 25.2 Å². The van der Waals surface area contributed by atoms with Gasteiger partial charge in [-0.1, -0.05) is 18.2 Å². The maximum absolute atomic E-state index is 11.6. The van der Waals surface area contributed by atoms with Gasteiger partial charge in [0.05, 0.1) is 13.7 Å². The van der Waals surface area contributed by atoms with Crippen molar-refractivity contribution in [1.82, 2.24) is 5.32 Å². The highest BCUT2D eigenvalue weighted by molar-refractivity contribution is 5.77. The van der Waals surface area contributed by atoms with Gasteiger partial charge in [-0.05, 0) is 31.5 Å². The molecule has 0 spiro atoms. The third kappa shape index (κ3) is 4.93. The molecule has 0 fully saturated rings. The summed E-state index contributed by atoms with van der Waals surface area (Å²) in [7, 11) is 1.55. The smallest absolute Gasteiger partial charge is 0.258 e. The fraction of sp³-hybridized carbons (Fsp3) is 0.400. The van der Waals surface area contributed by atoms with Crippen LogP contribution in [0.5, 0.6) is 11.5 Å². The van der Waals surface area contributed by atoms with Gasteiger partial charge in [-0.25, -0.2) is 0 Å². The summed E-state index contributed by atoms with van der Waals surface area (Å²) in [6.07, 6.45) is 3.88. The predicted octanol–water partition coefficient (Wildman–Crippen LogP) is 1.60. The lowest BCUT2D eigenvalue weighted by molar-refractivity contribution is -0.124. The fourth-order valence-corrected chi connectivity index (χ4v) is 1.60. The Hall–Kier alpha value is -2.01. The number of carbonyl (C=O) groups excluding carboxylic acids is 1. The van der Waals surface area contributed by atoms with E-state index in [0.29, 0.717) is 11.5 Å². The van der Waals surface area contributed by atoms with Crippen molar-refractivity contribution in [3.63, 3.8) is 0 Å². The lowest BCUT2D eigenvalue weighted by atomic mass is 10.2. The van der Waals surface area contributed by atoms with Gasteiger partial charge in [0.1, 0.15) is 0 Å². The first kappa shape index (κ1) is 16.0. The number of rotatable bonds is 7. The van der Waals surface area contributed by atoms with E-state index in [0.717, 1.165) is 5.56 Å². The number of amides is 1. The lowest BCUT2D eigenvalue weighted by Gasteiger charge is -2.13. The van der Waals surface area contributed by atoms with Gasteiger partial charge in [-0.2, -0.15) is 0 Å². The number of aliphatic hydroxyl groups excluding tert-OH is 1. The Morgan fingerprint density at radius 3 is 2.80 bits per heavy atom. The molecule has 20 heavy (non-hydrogen) atoms. The number of hydrogen-bond acceptors (Lipinski definition) is 4. The predicted molar refractivity (Wildman–Crippen MR) is 77.9 cm³/mol. The van der Waals surface area contributed by atoms with Crippen LogP contribution in [0.3, 0.4) is 0 Å². The van der Waals surface area contributed by atoms with Crippen molar-refractivity contribution in [2.45, 2.75) is 19.9 Å². The third-order valence-electron chi connectivity index (χ3n) is 2.59. The molecule has 1 amide bonds. The molecule has 1 atom stereocenters. The van der Waals surface area contributed by atoms with Gasteiger partial charge in [-0.15, -0.1) is 0 Å². The van der Waals surface area contributed by atoms with Crippen molar-refractivity contribution >= 4 is 12.0 Å². The molecule has 0 saturated heterocycles. The Morgan fingerprint density at radius 2 is 2.20 bits per heavy atom.